The number of hydrogen-bond donors (Lipinski definition) is 2. The summed E-state index contributed by atoms with van der Waals surface area (Å²) in [5.74, 6) is 0.0741. The van der Waals surface area contributed by atoms with Gasteiger partial charge in [0.15, 0.2) is 0 Å². The largest absolute Gasteiger partial charge is 0.325 e. The van der Waals surface area contributed by atoms with E-state index in [9.17, 15) is 4.79 Å². The SMILES string of the molecule is O=C(Nc1cccc(Br)c1)C1CCCCCN1. The van der Waals surface area contributed by atoms with E-state index in [1.54, 1.807) is 0 Å². The first-order chi connectivity index (χ1) is 8.25. The van der Waals surface area contributed by atoms with Gasteiger partial charge in [0, 0.05) is 10.2 Å². The van der Waals surface area contributed by atoms with Crippen molar-refractivity contribution in [2.24, 2.45) is 0 Å². The highest BCUT2D eigenvalue weighted by atomic mass is 79.9. The van der Waals surface area contributed by atoms with Gasteiger partial charge in [-0.3, -0.25) is 4.79 Å². The molecule has 17 heavy (non-hydrogen) atoms. The van der Waals surface area contributed by atoms with Crippen LogP contribution in [0.15, 0.2) is 28.7 Å². The van der Waals surface area contributed by atoms with Crippen LogP contribution in [-0.2, 0) is 4.79 Å². The summed E-state index contributed by atoms with van der Waals surface area (Å²) >= 11 is 3.39. The Morgan fingerprint density at radius 1 is 1.35 bits per heavy atom. The summed E-state index contributed by atoms with van der Waals surface area (Å²) in [5.41, 5.74) is 0.843. The molecule has 0 saturated carbocycles. The molecule has 1 atom stereocenters. The van der Waals surface area contributed by atoms with Gasteiger partial charge in [-0.1, -0.05) is 34.8 Å². The molecule has 1 aliphatic heterocycles. The van der Waals surface area contributed by atoms with Crippen LogP contribution in [0.5, 0.6) is 0 Å². The fourth-order valence-electron chi connectivity index (χ4n) is 2.05. The molecule has 2 N–H and O–H groups in total. The Bertz CT molecular complexity index is 387. The van der Waals surface area contributed by atoms with Crippen molar-refractivity contribution in [2.75, 3.05) is 11.9 Å². The molecule has 3 nitrogen and oxygen atoms in total. The third-order valence-corrected chi connectivity index (χ3v) is 3.46. The minimum atomic E-state index is -0.0449. The van der Waals surface area contributed by atoms with E-state index >= 15 is 0 Å². The molecule has 1 aromatic carbocycles. The molecule has 1 amide bonds. The Labute approximate surface area is 110 Å². The standard InChI is InChI=1S/C13H17BrN2O/c14-10-5-4-6-11(9-10)16-13(17)12-7-2-1-3-8-15-12/h4-6,9,12,15H,1-3,7-8H2,(H,16,17). The summed E-state index contributed by atoms with van der Waals surface area (Å²) in [6.07, 6.45) is 4.44. The molecule has 1 unspecified atom stereocenters. The molecule has 0 aromatic heterocycles. The second-order valence-electron chi connectivity index (χ2n) is 4.36. The van der Waals surface area contributed by atoms with Gasteiger partial charge in [-0.15, -0.1) is 0 Å². The maximum Gasteiger partial charge on any atom is 0.241 e. The first-order valence-electron chi connectivity index (χ1n) is 6.05. The third kappa shape index (κ3) is 3.82. The zero-order chi connectivity index (χ0) is 12.1. The van der Waals surface area contributed by atoms with E-state index in [4.69, 9.17) is 0 Å². The number of carbonyl (C=O) groups is 1. The number of anilines is 1. The van der Waals surface area contributed by atoms with Crippen LogP contribution in [-0.4, -0.2) is 18.5 Å². The lowest BCUT2D eigenvalue weighted by Gasteiger charge is -2.15. The van der Waals surface area contributed by atoms with Gasteiger partial charge in [-0.05, 0) is 37.6 Å². The number of benzene rings is 1. The lowest BCUT2D eigenvalue weighted by molar-refractivity contribution is -0.118. The Morgan fingerprint density at radius 2 is 2.24 bits per heavy atom. The number of amides is 1. The molecular weight excluding hydrogens is 280 g/mol. The zero-order valence-electron chi connectivity index (χ0n) is 9.71. The highest BCUT2D eigenvalue weighted by Crippen LogP contribution is 2.17. The highest BCUT2D eigenvalue weighted by molar-refractivity contribution is 9.10. The number of rotatable bonds is 2. The summed E-state index contributed by atoms with van der Waals surface area (Å²) in [5, 5.41) is 6.24. The van der Waals surface area contributed by atoms with Crippen molar-refractivity contribution in [1.29, 1.82) is 0 Å². The van der Waals surface area contributed by atoms with Gasteiger partial charge in [0.05, 0.1) is 6.04 Å². The second-order valence-corrected chi connectivity index (χ2v) is 5.27. The monoisotopic (exact) mass is 296 g/mol. The molecule has 0 bridgehead atoms. The van der Waals surface area contributed by atoms with E-state index in [1.165, 1.54) is 12.8 Å². The fraction of sp³-hybridized carbons (Fsp3) is 0.462. The Hall–Kier alpha value is -0.870. The quantitative estimate of drug-likeness (QED) is 0.881. The highest BCUT2D eigenvalue weighted by Gasteiger charge is 2.19. The van der Waals surface area contributed by atoms with E-state index in [0.717, 1.165) is 29.5 Å². The first-order valence-corrected chi connectivity index (χ1v) is 6.85. The Kier molecular flexibility index (Phi) is 4.57. The number of carbonyl (C=O) groups excluding carboxylic acids is 1. The smallest absolute Gasteiger partial charge is 0.241 e. The van der Waals surface area contributed by atoms with Gasteiger partial charge in [-0.25, -0.2) is 0 Å². The van der Waals surface area contributed by atoms with Crippen LogP contribution in [0.3, 0.4) is 0 Å². The fourth-order valence-corrected chi connectivity index (χ4v) is 2.45. The molecular formula is C13H17BrN2O. The van der Waals surface area contributed by atoms with Crippen molar-refractivity contribution in [3.05, 3.63) is 28.7 Å². The summed E-state index contributed by atoms with van der Waals surface area (Å²) in [7, 11) is 0. The summed E-state index contributed by atoms with van der Waals surface area (Å²) in [6.45, 7) is 0.941. The molecule has 0 radical (unpaired) electrons. The predicted octanol–water partition coefficient (Wildman–Crippen LogP) is 2.92. The molecule has 1 aliphatic rings. The predicted molar refractivity (Wildman–Crippen MR) is 73.0 cm³/mol. The second kappa shape index (κ2) is 6.17. The number of hydrogen-bond acceptors (Lipinski definition) is 2. The molecule has 4 heteroatoms. The molecule has 1 fully saturated rings. The van der Waals surface area contributed by atoms with Crippen molar-refractivity contribution in [1.82, 2.24) is 5.32 Å². The van der Waals surface area contributed by atoms with E-state index in [0.29, 0.717) is 0 Å². The maximum atomic E-state index is 12.0. The van der Waals surface area contributed by atoms with Crippen LogP contribution in [0.1, 0.15) is 25.7 Å². The van der Waals surface area contributed by atoms with Crippen molar-refractivity contribution < 1.29 is 4.79 Å². The van der Waals surface area contributed by atoms with Crippen LogP contribution in [0.25, 0.3) is 0 Å². The minimum Gasteiger partial charge on any atom is -0.325 e. The average Bonchev–Trinajstić information content (AvgIpc) is 2.57. The van der Waals surface area contributed by atoms with E-state index in [2.05, 4.69) is 26.6 Å². The molecule has 2 rings (SSSR count). The molecule has 0 aliphatic carbocycles. The third-order valence-electron chi connectivity index (χ3n) is 2.97. The Balaban J connectivity index is 1.95. The van der Waals surface area contributed by atoms with E-state index in [1.807, 2.05) is 24.3 Å². The maximum absolute atomic E-state index is 12.0. The molecule has 1 saturated heterocycles. The van der Waals surface area contributed by atoms with Crippen LogP contribution in [0.4, 0.5) is 5.69 Å². The van der Waals surface area contributed by atoms with Gasteiger partial charge in [0.1, 0.15) is 0 Å². The molecule has 1 aromatic rings. The van der Waals surface area contributed by atoms with Crippen molar-refractivity contribution >= 4 is 27.5 Å². The first kappa shape index (κ1) is 12.6. The summed E-state index contributed by atoms with van der Waals surface area (Å²) < 4.78 is 0.976. The molecule has 92 valence electrons. The van der Waals surface area contributed by atoms with E-state index < -0.39 is 0 Å². The van der Waals surface area contributed by atoms with Crippen LogP contribution < -0.4 is 10.6 Å². The van der Waals surface area contributed by atoms with E-state index in [-0.39, 0.29) is 11.9 Å². The van der Waals surface area contributed by atoms with Gasteiger partial charge in [0.25, 0.3) is 0 Å². The summed E-state index contributed by atoms with van der Waals surface area (Å²) in [4.78, 5) is 12.0. The normalized spacial score (nSPS) is 20.6. The molecule has 0 spiro atoms. The van der Waals surface area contributed by atoms with Crippen LogP contribution >= 0.6 is 15.9 Å². The van der Waals surface area contributed by atoms with Crippen molar-refractivity contribution in [3.63, 3.8) is 0 Å². The number of nitrogens with one attached hydrogen (secondary N) is 2. The van der Waals surface area contributed by atoms with Gasteiger partial charge in [0.2, 0.25) is 5.91 Å². The number of halogens is 1. The average molecular weight is 297 g/mol. The Morgan fingerprint density at radius 3 is 3.06 bits per heavy atom. The topological polar surface area (TPSA) is 41.1 Å². The van der Waals surface area contributed by atoms with Gasteiger partial charge < -0.3 is 10.6 Å². The van der Waals surface area contributed by atoms with Crippen molar-refractivity contribution in [2.45, 2.75) is 31.7 Å². The lowest BCUT2D eigenvalue weighted by atomic mass is 10.1. The lowest BCUT2D eigenvalue weighted by Crippen LogP contribution is -2.39. The molecule has 1 heterocycles. The van der Waals surface area contributed by atoms with Gasteiger partial charge >= 0.3 is 0 Å². The van der Waals surface area contributed by atoms with Crippen molar-refractivity contribution in [3.8, 4) is 0 Å². The van der Waals surface area contributed by atoms with Gasteiger partial charge in [-0.2, -0.15) is 0 Å². The van der Waals surface area contributed by atoms with Crippen LogP contribution in [0, 0.1) is 0 Å². The zero-order valence-corrected chi connectivity index (χ0v) is 11.3. The van der Waals surface area contributed by atoms with Crippen LogP contribution in [0.2, 0.25) is 0 Å². The minimum absolute atomic E-state index is 0.0449. The summed E-state index contributed by atoms with van der Waals surface area (Å²) in [6, 6.07) is 7.63.